The molecule has 24 heavy (non-hydrogen) atoms. The number of aromatic nitrogens is 2. The van der Waals surface area contributed by atoms with E-state index in [0.29, 0.717) is 6.54 Å². The van der Waals surface area contributed by atoms with Gasteiger partial charge in [0.1, 0.15) is 0 Å². The van der Waals surface area contributed by atoms with Crippen molar-refractivity contribution in [1.29, 1.82) is 0 Å². The average Bonchev–Trinajstić information content (AvgIpc) is 2.89. The van der Waals surface area contributed by atoms with Crippen LogP contribution in [0, 0.1) is 6.92 Å². The third kappa shape index (κ3) is 2.71. The monoisotopic (exact) mass is 318 g/mol. The molecule has 0 saturated carbocycles. The average molecular weight is 318 g/mol. The lowest BCUT2D eigenvalue weighted by molar-refractivity contribution is 0.650. The van der Waals surface area contributed by atoms with Crippen molar-refractivity contribution in [1.82, 2.24) is 9.78 Å². The van der Waals surface area contributed by atoms with Crippen LogP contribution in [0.5, 0.6) is 0 Å². The number of hydrogen-bond acceptors (Lipinski definition) is 1. The minimum absolute atomic E-state index is 0.0522. The van der Waals surface area contributed by atoms with Crippen LogP contribution in [-0.2, 0) is 19.4 Å². The Bertz CT molecular complexity index is 919. The maximum absolute atomic E-state index is 12.8. The summed E-state index contributed by atoms with van der Waals surface area (Å²) < 4.78 is 1.72. The molecule has 3 nitrogen and oxygen atoms in total. The molecular formula is C21H22N2O. The fourth-order valence-electron chi connectivity index (χ4n) is 3.73. The molecule has 0 atom stereocenters. The van der Waals surface area contributed by atoms with Crippen LogP contribution in [0.3, 0.4) is 0 Å². The smallest absolute Gasteiger partial charge is 0.274 e. The topological polar surface area (TPSA) is 37.8 Å². The molecule has 0 saturated heterocycles. The van der Waals surface area contributed by atoms with Gasteiger partial charge in [-0.1, -0.05) is 48.5 Å². The van der Waals surface area contributed by atoms with Gasteiger partial charge in [0, 0.05) is 5.69 Å². The maximum atomic E-state index is 12.8. The van der Waals surface area contributed by atoms with Crippen LogP contribution in [0.25, 0.3) is 11.1 Å². The first-order valence-electron chi connectivity index (χ1n) is 8.68. The van der Waals surface area contributed by atoms with Crippen molar-refractivity contribution >= 4 is 0 Å². The Balaban J connectivity index is 1.68. The summed E-state index contributed by atoms with van der Waals surface area (Å²) in [7, 11) is 0. The van der Waals surface area contributed by atoms with E-state index in [1.807, 2.05) is 37.3 Å². The van der Waals surface area contributed by atoms with Crippen LogP contribution in [0.15, 0.2) is 53.3 Å². The molecule has 3 aromatic rings. The van der Waals surface area contributed by atoms with E-state index in [2.05, 4.69) is 23.3 Å². The molecule has 0 spiro atoms. The van der Waals surface area contributed by atoms with Crippen LogP contribution < -0.4 is 5.56 Å². The van der Waals surface area contributed by atoms with Gasteiger partial charge in [-0.05, 0) is 54.9 Å². The Labute approximate surface area is 141 Å². The Morgan fingerprint density at radius 3 is 2.54 bits per heavy atom. The molecule has 3 heteroatoms. The highest BCUT2D eigenvalue weighted by Crippen LogP contribution is 2.23. The van der Waals surface area contributed by atoms with Crippen molar-refractivity contribution in [3.05, 3.63) is 81.3 Å². The lowest BCUT2D eigenvalue weighted by Gasteiger charge is -2.16. The summed E-state index contributed by atoms with van der Waals surface area (Å²) in [5.41, 5.74) is 6.84. The lowest BCUT2D eigenvalue weighted by Crippen LogP contribution is -2.18. The van der Waals surface area contributed by atoms with Crippen LogP contribution in [0.4, 0.5) is 0 Å². The minimum atomic E-state index is 0.0522. The van der Waals surface area contributed by atoms with E-state index in [4.69, 9.17) is 0 Å². The van der Waals surface area contributed by atoms with Crippen molar-refractivity contribution in [3.8, 4) is 11.1 Å². The van der Waals surface area contributed by atoms with Crippen molar-refractivity contribution in [2.45, 2.75) is 39.2 Å². The standard InChI is InChI=1S/C21H22N2O/c1-15-20(18-8-3-2-4-9-18)21(24)23(22-15)14-16-11-12-17-7-5-6-10-19(17)13-16/h2-4,8-9,11-13,22H,5-7,10,14H2,1H3. The maximum Gasteiger partial charge on any atom is 0.274 e. The van der Waals surface area contributed by atoms with E-state index >= 15 is 0 Å². The summed E-state index contributed by atoms with van der Waals surface area (Å²) in [6.07, 6.45) is 4.92. The largest absolute Gasteiger partial charge is 0.299 e. The van der Waals surface area contributed by atoms with E-state index in [9.17, 15) is 4.79 Å². The van der Waals surface area contributed by atoms with Gasteiger partial charge in [0.15, 0.2) is 0 Å². The second-order valence-corrected chi connectivity index (χ2v) is 6.68. The van der Waals surface area contributed by atoms with Gasteiger partial charge in [0.05, 0.1) is 12.1 Å². The van der Waals surface area contributed by atoms with Crippen molar-refractivity contribution in [3.63, 3.8) is 0 Å². The summed E-state index contributed by atoms with van der Waals surface area (Å²) in [5, 5.41) is 3.24. The molecule has 1 aromatic heterocycles. The zero-order chi connectivity index (χ0) is 16.5. The van der Waals surface area contributed by atoms with E-state index in [1.165, 1.54) is 36.0 Å². The highest BCUT2D eigenvalue weighted by Gasteiger charge is 2.14. The van der Waals surface area contributed by atoms with Crippen molar-refractivity contribution in [2.75, 3.05) is 0 Å². The number of nitrogens with one attached hydrogen (secondary N) is 1. The van der Waals surface area contributed by atoms with Gasteiger partial charge in [0.25, 0.3) is 5.56 Å². The minimum Gasteiger partial charge on any atom is -0.299 e. The Hall–Kier alpha value is -2.55. The summed E-state index contributed by atoms with van der Waals surface area (Å²) in [6.45, 7) is 2.56. The third-order valence-corrected chi connectivity index (χ3v) is 4.95. The molecule has 1 aliphatic carbocycles. The number of aryl methyl sites for hydroxylation is 3. The number of rotatable bonds is 3. The van der Waals surface area contributed by atoms with E-state index < -0.39 is 0 Å². The second-order valence-electron chi connectivity index (χ2n) is 6.68. The SMILES string of the molecule is Cc1[nH]n(Cc2ccc3c(c2)CCCC3)c(=O)c1-c1ccccc1. The second kappa shape index (κ2) is 6.16. The zero-order valence-electron chi connectivity index (χ0n) is 14.0. The van der Waals surface area contributed by atoms with Gasteiger partial charge in [0.2, 0.25) is 0 Å². The van der Waals surface area contributed by atoms with E-state index in [1.54, 1.807) is 4.68 Å². The quantitative estimate of drug-likeness (QED) is 0.776. The molecule has 2 aromatic carbocycles. The molecule has 0 radical (unpaired) electrons. The molecule has 0 unspecified atom stereocenters. The van der Waals surface area contributed by atoms with E-state index in [-0.39, 0.29) is 5.56 Å². The highest BCUT2D eigenvalue weighted by molar-refractivity contribution is 5.64. The predicted octanol–water partition coefficient (Wildman–Crippen LogP) is 4.08. The highest BCUT2D eigenvalue weighted by atomic mass is 16.1. The fourth-order valence-corrected chi connectivity index (χ4v) is 3.73. The number of aromatic amines is 1. The number of nitrogens with zero attached hydrogens (tertiary/aromatic N) is 1. The van der Waals surface area contributed by atoms with Crippen molar-refractivity contribution < 1.29 is 0 Å². The Kier molecular flexibility index (Phi) is 3.85. The molecule has 0 aliphatic heterocycles. The molecule has 0 amide bonds. The van der Waals surface area contributed by atoms with Gasteiger partial charge in [-0.25, -0.2) is 4.68 Å². The molecule has 0 bridgehead atoms. The molecular weight excluding hydrogens is 296 g/mol. The van der Waals surface area contributed by atoms with Gasteiger partial charge in [-0.3, -0.25) is 9.89 Å². The van der Waals surface area contributed by atoms with Gasteiger partial charge >= 0.3 is 0 Å². The molecule has 1 N–H and O–H groups in total. The molecule has 1 heterocycles. The summed E-state index contributed by atoms with van der Waals surface area (Å²) in [4.78, 5) is 12.8. The molecule has 1 aliphatic rings. The normalized spacial score (nSPS) is 13.7. The summed E-state index contributed by atoms with van der Waals surface area (Å²) >= 11 is 0. The number of H-pyrrole nitrogens is 1. The molecule has 4 rings (SSSR count). The zero-order valence-corrected chi connectivity index (χ0v) is 14.0. The molecule has 122 valence electrons. The van der Waals surface area contributed by atoms with Crippen LogP contribution in [0.2, 0.25) is 0 Å². The van der Waals surface area contributed by atoms with Crippen LogP contribution >= 0.6 is 0 Å². The van der Waals surface area contributed by atoms with Crippen LogP contribution in [0.1, 0.15) is 35.2 Å². The molecule has 0 fully saturated rings. The third-order valence-electron chi connectivity index (χ3n) is 4.95. The lowest BCUT2D eigenvalue weighted by atomic mass is 9.90. The fraction of sp³-hybridized carbons (Fsp3) is 0.286. The predicted molar refractivity (Wildman–Crippen MR) is 97.4 cm³/mol. The Morgan fingerprint density at radius 2 is 1.75 bits per heavy atom. The van der Waals surface area contributed by atoms with Gasteiger partial charge in [-0.15, -0.1) is 0 Å². The Morgan fingerprint density at radius 1 is 1.00 bits per heavy atom. The summed E-state index contributed by atoms with van der Waals surface area (Å²) in [6, 6.07) is 16.6. The van der Waals surface area contributed by atoms with Crippen LogP contribution in [-0.4, -0.2) is 9.78 Å². The van der Waals surface area contributed by atoms with Gasteiger partial charge in [-0.2, -0.15) is 0 Å². The summed E-state index contributed by atoms with van der Waals surface area (Å²) in [5.74, 6) is 0. The van der Waals surface area contributed by atoms with Crippen molar-refractivity contribution in [2.24, 2.45) is 0 Å². The number of hydrogen-bond donors (Lipinski definition) is 1. The first kappa shape index (κ1) is 15.0. The first-order valence-corrected chi connectivity index (χ1v) is 8.68. The first-order chi connectivity index (χ1) is 11.7. The number of fused-ring (bicyclic) bond motifs is 1. The van der Waals surface area contributed by atoms with Gasteiger partial charge < -0.3 is 0 Å². The van der Waals surface area contributed by atoms with E-state index in [0.717, 1.165) is 23.2 Å². The number of benzene rings is 2.